The molecular weight excluding hydrogens is 186 g/mol. The van der Waals surface area contributed by atoms with Gasteiger partial charge in [0.15, 0.2) is 0 Å². The maximum absolute atomic E-state index is 4.21. The molecule has 0 saturated heterocycles. The molecule has 1 N–H and O–H groups in total. The lowest BCUT2D eigenvalue weighted by Crippen LogP contribution is -2.27. The maximum Gasteiger partial charge on any atom is 0.0521 e. The number of nitrogens with one attached hydrogen (secondary N) is 1. The van der Waals surface area contributed by atoms with E-state index < -0.39 is 0 Å². The Bertz CT molecular complexity index is 278. The first-order chi connectivity index (χ1) is 7.13. The van der Waals surface area contributed by atoms with Crippen molar-refractivity contribution in [2.24, 2.45) is 18.9 Å². The Balaban J connectivity index is 2.50. The second kappa shape index (κ2) is 5.91. The summed E-state index contributed by atoms with van der Waals surface area (Å²) in [7, 11) is 1.97. The van der Waals surface area contributed by atoms with Crippen LogP contribution in [0.25, 0.3) is 0 Å². The summed E-state index contributed by atoms with van der Waals surface area (Å²) in [5, 5.41) is 7.64. The van der Waals surface area contributed by atoms with E-state index in [9.17, 15) is 0 Å². The Morgan fingerprint density at radius 2 is 2.20 bits per heavy atom. The Labute approximate surface area is 92.9 Å². The van der Waals surface area contributed by atoms with Gasteiger partial charge in [-0.1, -0.05) is 20.8 Å². The van der Waals surface area contributed by atoms with Crippen LogP contribution in [0.5, 0.6) is 0 Å². The monoisotopic (exact) mass is 209 g/mol. The Morgan fingerprint density at radius 3 is 2.67 bits per heavy atom. The zero-order valence-electron chi connectivity index (χ0n) is 10.3. The zero-order valence-corrected chi connectivity index (χ0v) is 10.3. The average molecular weight is 209 g/mol. The van der Waals surface area contributed by atoms with E-state index in [-0.39, 0.29) is 0 Å². The highest BCUT2D eigenvalue weighted by molar-refractivity contribution is 5.05. The molecule has 1 aromatic rings. The van der Waals surface area contributed by atoms with Crippen molar-refractivity contribution >= 4 is 0 Å². The molecule has 1 aromatic heterocycles. The normalized spacial score (nSPS) is 13.4. The SMILES string of the molecule is CCNCC(Cc1cnn(C)c1)C(C)C. The van der Waals surface area contributed by atoms with E-state index in [4.69, 9.17) is 0 Å². The molecule has 1 heterocycles. The molecule has 0 spiro atoms. The van der Waals surface area contributed by atoms with Crippen molar-refractivity contribution in [2.45, 2.75) is 27.2 Å². The second-order valence-electron chi connectivity index (χ2n) is 4.54. The quantitative estimate of drug-likeness (QED) is 0.775. The zero-order chi connectivity index (χ0) is 11.3. The number of aromatic nitrogens is 2. The highest BCUT2D eigenvalue weighted by Crippen LogP contribution is 2.16. The third-order valence-corrected chi connectivity index (χ3v) is 2.86. The fraction of sp³-hybridized carbons (Fsp3) is 0.750. The minimum Gasteiger partial charge on any atom is -0.317 e. The van der Waals surface area contributed by atoms with Crippen molar-refractivity contribution in [1.29, 1.82) is 0 Å². The van der Waals surface area contributed by atoms with Crippen LogP contribution in [0.15, 0.2) is 12.4 Å². The third kappa shape index (κ3) is 4.04. The highest BCUT2D eigenvalue weighted by atomic mass is 15.2. The molecule has 3 nitrogen and oxygen atoms in total. The van der Waals surface area contributed by atoms with E-state index in [2.05, 4.69) is 37.4 Å². The predicted molar refractivity (Wildman–Crippen MR) is 63.8 cm³/mol. The van der Waals surface area contributed by atoms with Crippen LogP contribution in [0.4, 0.5) is 0 Å². The molecule has 0 amide bonds. The lowest BCUT2D eigenvalue weighted by molar-refractivity contribution is 0.363. The van der Waals surface area contributed by atoms with Crippen molar-refractivity contribution in [3.8, 4) is 0 Å². The topological polar surface area (TPSA) is 29.9 Å². The molecule has 0 aliphatic rings. The molecule has 0 saturated carbocycles. The summed E-state index contributed by atoms with van der Waals surface area (Å²) in [4.78, 5) is 0. The molecule has 0 aromatic carbocycles. The van der Waals surface area contributed by atoms with E-state index in [0.717, 1.165) is 19.5 Å². The first kappa shape index (κ1) is 12.2. The van der Waals surface area contributed by atoms with E-state index in [1.54, 1.807) is 0 Å². The van der Waals surface area contributed by atoms with Crippen LogP contribution in [0.2, 0.25) is 0 Å². The molecule has 0 fully saturated rings. The van der Waals surface area contributed by atoms with Crippen LogP contribution in [-0.4, -0.2) is 22.9 Å². The van der Waals surface area contributed by atoms with Crippen LogP contribution < -0.4 is 5.32 Å². The maximum atomic E-state index is 4.21. The fourth-order valence-corrected chi connectivity index (χ4v) is 1.75. The largest absolute Gasteiger partial charge is 0.317 e. The molecule has 0 aliphatic carbocycles. The lowest BCUT2D eigenvalue weighted by Gasteiger charge is -2.20. The summed E-state index contributed by atoms with van der Waals surface area (Å²) in [6.07, 6.45) is 5.21. The highest BCUT2D eigenvalue weighted by Gasteiger charge is 2.14. The van der Waals surface area contributed by atoms with Gasteiger partial charge in [0.25, 0.3) is 0 Å². The average Bonchev–Trinajstić information content (AvgIpc) is 2.58. The Kier molecular flexibility index (Phi) is 4.82. The number of aryl methyl sites for hydroxylation is 1. The fourth-order valence-electron chi connectivity index (χ4n) is 1.75. The van der Waals surface area contributed by atoms with Crippen molar-refractivity contribution in [1.82, 2.24) is 15.1 Å². The van der Waals surface area contributed by atoms with E-state index >= 15 is 0 Å². The summed E-state index contributed by atoms with van der Waals surface area (Å²) in [5.74, 6) is 1.42. The summed E-state index contributed by atoms with van der Waals surface area (Å²) < 4.78 is 1.87. The standard InChI is InChI=1S/C12H23N3/c1-5-13-8-12(10(2)3)6-11-7-14-15(4)9-11/h7,9-10,12-13H,5-6,8H2,1-4H3. The predicted octanol–water partition coefficient (Wildman–Crippen LogP) is 1.84. The number of nitrogens with zero attached hydrogens (tertiary/aromatic N) is 2. The summed E-state index contributed by atoms with van der Waals surface area (Å²) in [6, 6.07) is 0. The molecule has 0 radical (unpaired) electrons. The second-order valence-corrected chi connectivity index (χ2v) is 4.54. The van der Waals surface area contributed by atoms with Crippen molar-refractivity contribution in [3.63, 3.8) is 0 Å². The molecular formula is C12H23N3. The van der Waals surface area contributed by atoms with Gasteiger partial charge >= 0.3 is 0 Å². The molecule has 15 heavy (non-hydrogen) atoms. The summed E-state index contributed by atoms with van der Waals surface area (Å²) in [5.41, 5.74) is 1.34. The van der Waals surface area contributed by atoms with Gasteiger partial charge < -0.3 is 5.32 Å². The molecule has 86 valence electrons. The van der Waals surface area contributed by atoms with Gasteiger partial charge in [-0.3, -0.25) is 4.68 Å². The van der Waals surface area contributed by atoms with Gasteiger partial charge in [0, 0.05) is 13.2 Å². The van der Waals surface area contributed by atoms with Crippen molar-refractivity contribution < 1.29 is 0 Å². The lowest BCUT2D eigenvalue weighted by atomic mass is 9.90. The molecule has 1 unspecified atom stereocenters. The van der Waals surface area contributed by atoms with E-state index in [0.29, 0.717) is 11.8 Å². The van der Waals surface area contributed by atoms with Crippen molar-refractivity contribution in [2.75, 3.05) is 13.1 Å². The van der Waals surface area contributed by atoms with Gasteiger partial charge in [0.2, 0.25) is 0 Å². The minimum atomic E-state index is 0.703. The third-order valence-electron chi connectivity index (χ3n) is 2.86. The Hall–Kier alpha value is -0.830. The van der Waals surface area contributed by atoms with Gasteiger partial charge in [0.05, 0.1) is 6.20 Å². The Morgan fingerprint density at radius 1 is 1.47 bits per heavy atom. The van der Waals surface area contributed by atoms with Gasteiger partial charge in [-0.15, -0.1) is 0 Å². The smallest absolute Gasteiger partial charge is 0.0521 e. The van der Waals surface area contributed by atoms with Gasteiger partial charge in [0.1, 0.15) is 0 Å². The van der Waals surface area contributed by atoms with Crippen LogP contribution in [-0.2, 0) is 13.5 Å². The van der Waals surface area contributed by atoms with Crippen LogP contribution in [0, 0.1) is 11.8 Å². The van der Waals surface area contributed by atoms with Gasteiger partial charge in [-0.05, 0) is 36.9 Å². The molecule has 0 aliphatic heterocycles. The number of hydrogen-bond acceptors (Lipinski definition) is 2. The van der Waals surface area contributed by atoms with Crippen molar-refractivity contribution in [3.05, 3.63) is 18.0 Å². The molecule has 0 bridgehead atoms. The van der Waals surface area contributed by atoms with Crippen LogP contribution in [0.3, 0.4) is 0 Å². The number of rotatable bonds is 6. The van der Waals surface area contributed by atoms with Crippen LogP contribution in [0.1, 0.15) is 26.3 Å². The summed E-state index contributed by atoms with van der Waals surface area (Å²) >= 11 is 0. The first-order valence-corrected chi connectivity index (χ1v) is 5.81. The summed E-state index contributed by atoms with van der Waals surface area (Å²) in [6.45, 7) is 8.89. The first-order valence-electron chi connectivity index (χ1n) is 5.81. The van der Waals surface area contributed by atoms with E-state index in [1.165, 1.54) is 5.56 Å². The molecule has 1 rings (SSSR count). The van der Waals surface area contributed by atoms with Gasteiger partial charge in [-0.25, -0.2) is 0 Å². The molecule has 3 heteroatoms. The number of hydrogen-bond donors (Lipinski definition) is 1. The van der Waals surface area contributed by atoms with Gasteiger partial charge in [-0.2, -0.15) is 5.10 Å². The minimum absolute atomic E-state index is 0.703. The van der Waals surface area contributed by atoms with E-state index in [1.807, 2.05) is 17.9 Å². The molecule has 1 atom stereocenters. The van der Waals surface area contributed by atoms with Crippen LogP contribution >= 0.6 is 0 Å².